The van der Waals surface area contributed by atoms with Gasteiger partial charge in [-0.15, -0.1) is 0 Å². The van der Waals surface area contributed by atoms with Gasteiger partial charge in [-0.1, -0.05) is 43.2 Å². The van der Waals surface area contributed by atoms with Crippen LogP contribution in [0.4, 0.5) is 13.6 Å². The molecule has 2 amide bonds. The summed E-state index contributed by atoms with van der Waals surface area (Å²) in [6.45, 7) is 5.17. The van der Waals surface area contributed by atoms with Crippen molar-refractivity contribution in [2.75, 3.05) is 19.6 Å². The van der Waals surface area contributed by atoms with Crippen molar-refractivity contribution >= 4 is 12.0 Å². The Labute approximate surface area is 239 Å². The first-order valence-electron chi connectivity index (χ1n) is 14.4. The average molecular weight is 566 g/mol. The standard InChI is InChI=1S/C31H37F2N5O3/c1-20(2)41-31(40)36-26-10-6-7-11-27(26)38-19-35-28(29(38)22-8-4-3-5-9-22)30(39)37-13-12-34-18-25(37)16-21-14-23(32)17-24(33)15-21/h3-5,8-9,14-15,17,19-20,25-27,34H,6-7,10-13,16,18H2,1-2H3,(H,36,40)/t25-,26+,27+/m1/s1. The van der Waals surface area contributed by atoms with E-state index in [4.69, 9.17) is 4.74 Å². The zero-order chi connectivity index (χ0) is 28.9. The van der Waals surface area contributed by atoms with Crippen LogP contribution in [0.5, 0.6) is 0 Å². The van der Waals surface area contributed by atoms with Crippen molar-refractivity contribution in [3.8, 4) is 11.3 Å². The highest BCUT2D eigenvalue weighted by molar-refractivity contribution is 5.98. The van der Waals surface area contributed by atoms with Crippen LogP contribution in [0.2, 0.25) is 0 Å². The maximum absolute atomic E-state index is 14.2. The summed E-state index contributed by atoms with van der Waals surface area (Å²) in [7, 11) is 0. The number of nitrogens with one attached hydrogen (secondary N) is 2. The van der Waals surface area contributed by atoms with E-state index in [9.17, 15) is 18.4 Å². The molecule has 0 spiro atoms. The molecule has 1 aliphatic carbocycles. The topological polar surface area (TPSA) is 88.5 Å². The Morgan fingerprint density at radius 3 is 2.56 bits per heavy atom. The Kier molecular flexibility index (Phi) is 8.97. The van der Waals surface area contributed by atoms with Crippen molar-refractivity contribution in [1.29, 1.82) is 0 Å². The van der Waals surface area contributed by atoms with E-state index < -0.39 is 17.7 Å². The minimum Gasteiger partial charge on any atom is -0.447 e. The number of ether oxygens (including phenoxy) is 1. The van der Waals surface area contributed by atoms with E-state index >= 15 is 0 Å². The van der Waals surface area contributed by atoms with Crippen LogP contribution in [0.25, 0.3) is 11.3 Å². The summed E-state index contributed by atoms with van der Waals surface area (Å²) in [6, 6.07) is 12.5. The predicted octanol–water partition coefficient (Wildman–Crippen LogP) is 5.10. The molecule has 0 radical (unpaired) electrons. The number of hydrogen-bond donors (Lipinski definition) is 2. The van der Waals surface area contributed by atoms with E-state index in [0.717, 1.165) is 37.3 Å². The lowest BCUT2D eigenvalue weighted by molar-refractivity contribution is 0.0630. The summed E-state index contributed by atoms with van der Waals surface area (Å²) in [5.74, 6) is -1.51. The number of halogens is 2. The van der Waals surface area contributed by atoms with Gasteiger partial charge in [0, 0.05) is 37.3 Å². The fraction of sp³-hybridized carbons (Fsp3) is 0.452. The van der Waals surface area contributed by atoms with Crippen molar-refractivity contribution in [3.05, 3.63) is 77.8 Å². The highest BCUT2D eigenvalue weighted by Gasteiger charge is 2.35. The van der Waals surface area contributed by atoms with Crippen molar-refractivity contribution in [3.63, 3.8) is 0 Å². The first kappa shape index (κ1) is 28.7. The number of carbonyl (C=O) groups excluding carboxylic acids is 2. The van der Waals surface area contributed by atoms with Crippen molar-refractivity contribution < 1.29 is 23.1 Å². The molecule has 1 saturated carbocycles. The Morgan fingerprint density at radius 1 is 1.10 bits per heavy atom. The van der Waals surface area contributed by atoms with E-state index in [0.29, 0.717) is 43.0 Å². The minimum absolute atomic E-state index is 0.109. The summed E-state index contributed by atoms with van der Waals surface area (Å²) in [5.41, 5.74) is 2.36. The van der Waals surface area contributed by atoms with Gasteiger partial charge in [-0.05, 0) is 50.8 Å². The van der Waals surface area contributed by atoms with Crippen LogP contribution >= 0.6 is 0 Å². The molecule has 2 aromatic carbocycles. The molecule has 2 heterocycles. The van der Waals surface area contributed by atoms with E-state index in [1.54, 1.807) is 11.2 Å². The van der Waals surface area contributed by atoms with E-state index in [-0.39, 0.29) is 30.1 Å². The maximum atomic E-state index is 14.2. The number of amides is 2. The molecule has 218 valence electrons. The zero-order valence-corrected chi connectivity index (χ0v) is 23.5. The lowest BCUT2D eigenvalue weighted by atomic mass is 9.89. The third kappa shape index (κ3) is 6.75. The van der Waals surface area contributed by atoms with Gasteiger partial charge in [0.2, 0.25) is 0 Å². The Balaban J connectivity index is 1.48. The Morgan fingerprint density at radius 2 is 1.83 bits per heavy atom. The summed E-state index contributed by atoms with van der Waals surface area (Å²) in [4.78, 5) is 33.1. The molecule has 1 aromatic heterocycles. The number of nitrogens with zero attached hydrogens (tertiary/aromatic N) is 3. The molecule has 0 unspecified atom stereocenters. The van der Waals surface area contributed by atoms with Crippen LogP contribution in [0.3, 0.4) is 0 Å². The molecule has 1 saturated heterocycles. The second-order valence-electron chi connectivity index (χ2n) is 11.1. The fourth-order valence-corrected chi connectivity index (χ4v) is 6.01. The molecular weight excluding hydrogens is 528 g/mol. The molecule has 2 fully saturated rings. The van der Waals surface area contributed by atoms with Crippen molar-refractivity contribution in [2.24, 2.45) is 0 Å². The Bertz CT molecular complexity index is 1340. The molecule has 41 heavy (non-hydrogen) atoms. The molecule has 2 N–H and O–H groups in total. The van der Waals surface area contributed by atoms with E-state index in [1.165, 1.54) is 12.1 Å². The molecule has 3 aromatic rings. The number of benzene rings is 2. The number of hydrogen-bond acceptors (Lipinski definition) is 5. The average Bonchev–Trinajstić information content (AvgIpc) is 3.38. The lowest BCUT2D eigenvalue weighted by Crippen LogP contribution is -2.54. The van der Waals surface area contributed by atoms with Gasteiger partial charge in [-0.25, -0.2) is 18.6 Å². The molecule has 10 heteroatoms. The highest BCUT2D eigenvalue weighted by Crippen LogP contribution is 2.35. The number of aromatic nitrogens is 2. The van der Waals surface area contributed by atoms with Gasteiger partial charge in [0.1, 0.15) is 11.6 Å². The molecular formula is C31H37F2N5O3. The Hall–Kier alpha value is -3.79. The van der Waals surface area contributed by atoms with Crippen LogP contribution in [-0.2, 0) is 11.2 Å². The summed E-state index contributed by atoms with van der Waals surface area (Å²) >= 11 is 0. The smallest absolute Gasteiger partial charge is 0.407 e. The number of imidazole rings is 1. The largest absolute Gasteiger partial charge is 0.447 e. The molecule has 8 nitrogen and oxygen atoms in total. The van der Waals surface area contributed by atoms with Crippen molar-refractivity contribution in [2.45, 2.75) is 70.2 Å². The van der Waals surface area contributed by atoms with Gasteiger partial charge >= 0.3 is 6.09 Å². The van der Waals surface area contributed by atoms with Gasteiger partial charge < -0.3 is 24.8 Å². The van der Waals surface area contributed by atoms with E-state index in [1.807, 2.05) is 48.7 Å². The van der Waals surface area contributed by atoms with Gasteiger partial charge in [0.25, 0.3) is 5.91 Å². The summed E-state index contributed by atoms with van der Waals surface area (Å²) in [5, 5.41) is 6.35. The molecule has 1 aliphatic heterocycles. The SMILES string of the molecule is CC(C)OC(=O)N[C@H]1CCCC[C@@H]1n1cnc(C(=O)N2CCNC[C@H]2Cc2cc(F)cc(F)c2)c1-c1ccccc1. The number of piperazine rings is 1. The lowest BCUT2D eigenvalue weighted by Gasteiger charge is -2.36. The van der Waals surface area contributed by atoms with E-state index in [2.05, 4.69) is 15.6 Å². The fourth-order valence-electron chi connectivity index (χ4n) is 6.01. The van der Waals surface area contributed by atoms with Crippen LogP contribution in [-0.4, -0.2) is 64.3 Å². The normalized spacial score (nSPS) is 21.1. The molecule has 5 rings (SSSR count). The second-order valence-corrected chi connectivity index (χ2v) is 11.1. The minimum atomic E-state index is -0.639. The van der Waals surface area contributed by atoms with Gasteiger partial charge in [-0.2, -0.15) is 0 Å². The first-order valence-corrected chi connectivity index (χ1v) is 14.4. The summed E-state index contributed by atoms with van der Waals surface area (Å²) in [6.07, 6.45) is 4.90. The quantitative estimate of drug-likeness (QED) is 0.416. The van der Waals surface area contributed by atoms with Crippen LogP contribution in [0.1, 0.15) is 61.6 Å². The van der Waals surface area contributed by atoms with Crippen molar-refractivity contribution in [1.82, 2.24) is 25.1 Å². The van der Waals surface area contributed by atoms with Gasteiger partial charge in [0.05, 0.1) is 30.2 Å². The number of rotatable bonds is 7. The molecule has 2 aliphatic rings. The number of carbonyl (C=O) groups is 2. The zero-order valence-electron chi connectivity index (χ0n) is 23.5. The second kappa shape index (κ2) is 12.8. The maximum Gasteiger partial charge on any atom is 0.407 e. The third-order valence-electron chi connectivity index (χ3n) is 7.78. The highest BCUT2D eigenvalue weighted by atomic mass is 19.1. The molecule has 3 atom stereocenters. The van der Waals surface area contributed by atoms with Gasteiger partial charge in [-0.3, -0.25) is 4.79 Å². The number of alkyl carbamates (subject to hydrolysis) is 1. The van der Waals surface area contributed by atoms with Crippen LogP contribution in [0.15, 0.2) is 54.9 Å². The monoisotopic (exact) mass is 565 g/mol. The molecule has 0 bridgehead atoms. The predicted molar refractivity (Wildman–Crippen MR) is 151 cm³/mol. The summed E-state index contributed by atoms with van der Waals surface area (Å²) < 4.78 is 35.2. The van der Waals surface area contributed by atoms with Crippen LogP contribution in [0, 0.1) is 11.6 Å². The first-order chi connectivity index (χ1) is 19.8. The third-order valence-corrected chi connectivity index (χ3v) is 7.78. The van der Waals surface area contributed by atoms with Crippen LogP contribution < -0.4 is 10.6 Å². The van der Waals surface area contributed by atoms with Gasteiger partial charge in [0.15, 0.2) is 5.69 Å².